The molecule has 6 heteroatoms. The Morgan fingerprint density at radius 2 is 1.73 bits per heavy atom. The lowest BCUT2D eigenvalue weighted by Gasteiger charge is -2.40. The number of nitrogens with zero attached hydrogens (tertiary/aromatic N) is 2. The number of sulfonamides is 1. The molecule has 1 saturated heterocycles. The first kappa shape index (κ1) is 17.1. The third-order valence-electron chi connectivity index (χ3n) is 4.92. The van der Waals surface area contributed by atoms with E-state index in [0.29, 0.717) is 18.3 Å². The van der Waals surface area contributed by atoms with Crippen molar-refractivity contribution in [2.75, 3.05) is 18.8 Å². The van der Waals surface area contributed by atoms with Crippen LogP contribution < -0.4 is 4.74 Å². The van der Waals surface area contributed by atoms with E-state index >= 15 is 0 Å². The highest BCUT2D eigenvalue weighted by molar-refractivity contribution is 7.90. The van der Waals surface area contributed by atoms with Crippen LogP contribution in [0.1, 0.15) is 24.8 Å². The summed E-state index contributed by atoms with van der Waals surface area (Å²) in [5, 5.41) is 0. The van der Waals surface area contributed by atoms with Crippen LogP contribution in [-0.4, -0.2) is 38.0 Å². The lowest BCUT2D eigenvalue weighted by atomic mass is 9.84. The molecule has 0 amide bonds. The summed E-state index contributed by atoms with van der Waals surface area (Å²) in [5.41, 5.74) is 1.08. The first-order chi connectivity index (χ1) is 12.5. The van der Waals surface area contributed by atoms with Gasteiger partial charge in [0.1, 0.15) is 17.3 Å². The van der Waals surface area contributed by atoms with Gasteiger partial charge in [-0.15, -0.1) is 4.40 Å². The molecule has 2 aromatic carbocycles. The molecular formula is C20H22N2O3S. The number of benzene rings is 2. The summed E-state index contributed by atoms with van der Waals surface area (Å²) < 4.78 is 33.9. The summed E-state index contributed by atoms with van der Waals surface area (Å²) in [6, 6.07) is 17.5. The van der Waals surface area contributed by atoms with Crippen LogP contribution in [0.25, 0.3) is 0 Å². The van der Waals surface area contributed by atoms with E-state index in [4.69, 9.17) is 4.74 Å². The van der Waals surface area contributed by atoms with Gasteiger partial charge >= 0.3 is 0 Å². The maximum absolute atomic E-state index is 12.0. The molecule has 4 rings (SSSR count). The van der Waals surface area contributed by atoms with Crippen LogP contribution in [0, 0.1) is 5.92 Å². The number of fused-ring (bicyclic) bond motifs is 1. The summed E-state index contributed by atoms with van der Waals surface area (Å²) in [6.07, 6.45) is 0.906. The largest absolute Gasteiger partial charge is 0.457 e. The zero-order chi connectivity index (χ0) is 18.1. The van der Waals surface area contributed by atoms with Gasteiger partial charge in [-0.3, -0.25) is 0 Å². The minimum Gasteiger partial charge on any atom is -0.457 e. The number of amidine groups is 1. The minimum atomic E-state index is -3.34. The van der Waals surface area contributed by atoms with Crippen molar-refractivity contribution in [1.82, 2.24) is 4.90 Å². The van der Waals surface area contributed by atoms with Gasteiger partial charge in [0.15, 0.2) is 0 Å². The van der Waals surface area contributed by atoms with Crippen LogP contribution in [0.3, 0.4) is 0 Å². The molecule has 2 heterocycles. The highest BCUT2D eigenvalue weighted by Gasteiger charge is 2.36. The Morgan fingerprint density at radius 3 is 2.46 bits per heavy atom. The zero-order valence-electron chi connectivity index (χ0n) is 14.7. The Balaban J connectivity index is 1.60. The first-order valence-corrected chi connectivity index (χ1v) is 10.5. The fraction of sp³-hybridized carbons (Fsp3) is 0.350. The van der Waals surface area contributed by atoms with Gasteiger partial charge in [0, 0.05) is 19.0 Å². The van der Waals surface area contributed by atoms with Crippen LogP contribution >= 0.6 is 0 Å². The quantitative estimate of drug-likeness (QED) is 0.828. The number of hydrogen-bond donors (Lipinski definition) is 0. The van der Waals surface area contributed by atoms with E-state index in [-0.39, 0.29) is 11.7 Å². The maximum atomic E-state index is 12.0. The van der Waals surface area contributed by atoms with Gasteiger partial charge in [-0.25, -0.2) is 8.42 Å². The summed E-state index contributed by atoms with van der Waals surface area (Å²) in [4.78, 5) is 2.13. The molecule has 0 radical (unpaired) electrons. The van der Waals surface area contributed by atoms with E-state index in [1.807, 2.05) is 54.6 Å². The Morgan fingerprint density at radius 1 is 1.04 bits per heavy atom. The Labute approximate surface area is 154 Å². The normalized spacial score (nSPS) is 24.5. The molecule has 2 unspecified atom stereocenters. The van der Waals surface area contributed by atoms with Crippen molar-refractivity contribution in [3.05, 3.63) is 60.2 Å². The van der Waals surface area contributed by atoms with Gasteiger partial charge in [0.05, 0.1) is 5.75 Å². The van der Waals surface area contributed by atoms with Gasteiger partial charge in [-0.2, -0.15) is 0 Å². The van der Waals surface area contributed by atoms with Crippen LogP contribution in [0.4, 0.5) is 0 Å². The second-order valence-corrected chi connectivity index (χ2v) is 8.81. The molecule has 0 aliphatic carbocycles. The molecule has 0 N–H and O–H groups in total. The molecule has 1 fully saturated rings. The van der Waals surface area contributed by atoms with Crippen molar-refractivity contribution in [2.45, 2.75) is 19.3 Å². The van der Waals surface area contributed by atoms with Gasteiger partial charge in [0.2, 0.25) is 0 Å². The zero-order valence-corrected chi connectivity index (χ0v) is 15.5. The fourth-order valence-electron chi connectivity index (χ4n) is 3.69. The predicted octanol–water partition coefficient (Wildman–Crippen LogP) is 3.65. The predicted molar refractivity (Wildman–Crippen MR) is 102 cm³/mol. The first-order valence-electron chi connectivity index (χ1n) is 8.90. The molecule has 2 aromatic rings. The minimum absolute atomic E-state index is 0.0135. The van der Waals surface area contributed by atoms with E-state index in [1.165, 1.54) is 0 Å². The SMILES string of the molecule is CC1CC(c2ccc(Oc3ccccc3)cc2)C2=NS(=O)(=O)CCN2C1. The molecule has 0 spiro atoms. The van der Waals surface area contributed by atoms with E-state index in [0.717, 1.165) is 30.0 Å². The van der Waals surface area contributed by atoms with Gasteiger partial charge < -0.3 is 9.64 Å². The third-order valence-corrected chi connectivity index (χ3v) is 6.08. The van der Waals surface area contributed by atoms with Crippen molar-refractivity contribution in [3.63, 3.8) is 0 Å². The summed E-state index contributed by atoms with van der Waals surface area (Å²) in [5.74, 6) is 2.88. The fourth-order valence-corrected chi connectivity index (χ4v) is 4.76. The lowest BCUT2D eigenvalue weighted by Crippen LogP contribution is -2.48. The van der Waals surface area contributed by atoms with Crippen molar-refractivity contribution >= 4 is 15.9 Å². The van der Waals surface area contributed by atoms with Gasteiger partial charge in [-0.05, 0) is 42.2 Å². The van der Waals surface area contributed by atoms with Crippen LogP contribution in [0.15, 0.2) is 59.0 Å². The molecule has 2 aliphatic heterocycles. The summed E-state index contributed by atoms with van der Waals surface area (Å²) in [7, 11) is -3.34. The summed E-state index contributed by atoms with van der Waals surface area (Å²) in [6.45, 7) is 3.62. The van der Waals surface area contributed by atoms with Crippen LogP contribution in [0.2, 0.25) is 0 Å². The second kappa shape index (κ2) is 6.76. The number of piperidine rings is 1. The monoisotopic (exact) mass is 370 g/mol. The summed E-state index contributed by atoms with van der Waals surface area (Å²) >= 11 is 0. The van der Waals surface area contributed by atoms with Crippen LogP contribution in [-0.2, 0) is 10.0 Å². The van der Waals surface area contributed by atoms with Crippen molar-refractivity contribution in [1.29, 1.82) is 0 Å². The highest BCUT2D eigenvalue weighted by Crippen LogP contribution is 2.35. The topological polar surface area (TPSA) is 59.0 Å². The van der Waals surface area contributed by atoms with E-state index in [2.05, 4.69) is 16.2 Å². The molecule has 0 aromatic heterocycles. The standard InChI is InChI=1S/C20H22N2O3S/c1-15-13-19(20-21-26(23,24)12-11-22(20)14-15)16-7-9-18(10-8-16)25-17-5-3-2-4-6-17/h2-10,15,19H,11-14H2,1H3. The van der Waals surface area contributed by atoms with E-state index in [1.54, 1.807) is 0 Å². The maximum Gasteiger partial charge on any atom is 0.256 e. The molecule has 26 heavy (non-hydrogen) atoms. The average molecular weight is 370 g/mol. The van der Waals surface area contributed by atoms with Crippen molar-refractivity contribution < 1.29 is 13.2 Å². The Hall–Kier alpha value is -2.34. The molecule has 2 aliphatic rings. The van der Waals surface area contributed by atoms with E-state index < -0.39 is 10.0 Å². The molecular weight excluding hydrogens is 348 g/mol. The van der Waals surface area contributed by atoms with Crippen LogP contribution in [0.5, 0.6) is 11.5 Å². The number of rotatable bonds is 3. The highest BCUT2D eigenvalue weighted by atomic mass is 32.2. The average Bonchev–Trinajstić information content (AvgIpc) is 2.63. The van der Waals surface area contributed by atoms with Crippen molar-refractivity contribution in [3.8, 4) is 11.5 Å². The van der Waals surface area contributed by atoms with Gasteiger partial charge in [0.25, 0.3) is 10.0 Å². The van der Waals surface area contributed by atoms with Gasteiger partial charge in [-0.1, -0.05) is 37.3 Å². The molecule has 0 saturated carbocycles. The molecule has 5 nitrogen and oxygen atoms in total. The third kappa shape index (κ3) is 3.60. The smallest absolute Gasteiger partial charge is 0.256 e. The lowest BCUT2D eigenvalue weighted by molar-refractivity contribution is 0.297. The Bertz CT molecular complexity index is 908. The number of para-hydroxylation sites is 1. The van der Waals surface area contributed by atoms with Crippen molar-refractivity contribution in [2.24, 2.45) is 10.3 Å². The molecule has 2 atom stereocenters. The second-order valence-electron chi connectivity index (χ2n) is 7.06. The molecule has 0 bridgehead atoms. The molecule has 136 valence electrons. The number of ether oxygens (including phenoxy) is 1. The van der Waals surface area contributed by atoms with E-state index in [9.17, 15) is 8.42 Å². The number of hydrogen-bond acceptors (Lipinski definition) is 4. The Kier molecular flexibility index (Phi) is 4.44.